The normalized spacial score (nSPS) is 19.7. The molecule has 1 aromatic rings. The maximum atomic E-state index is 12.4. The smallest absolute Gasteiger partial charge is 0.222 e. The van der Waals surface area contributed by atoms with Crippen molar-refractivity contribution in [2.45, 2.75) is 25.2 Å². The first kappa shape index (κ1) is 20.5. The van der Waals surface area contributed by atoms with Crippen LogP contribution in [0.2, 0.25) is 0 Å². The number of likely N-dealkylation sites (tertiary alicyclic amines) is 1. The second-order valence-corrected chi connectivity index (χ2v) is 6.45. The van der Waals surface area contributed by atoms with Crippen LogP contribution in [0.5, 0.6) is 0 Å². The van der Waals surface area contributed by atoms with Gasteiger partial charge in [0, 0.05) is 45.9 Å². The van der Waals surface area contributed by atoms with Crippen LogP contribution in [-0.4, -0.2) is 55.3 Å². The molecule has 134 valence electrons. The fourth-order valence-corrected chi connectivity index (χ4v) is 3.16. The zero-order valence-electron chi connectivity index (χ0n) is 14.5. The van der Waals surface area contributed by atoms with Crippen LogP contribution in [0.3, 0.4) is 0 Å². The van der Waals surface area contributed by atoms with Crippen molar-refractivity contribution in [3.63, 3.8) is 0 Å². The van der Waals surface area contributed by atoms with Gasteiger partial charge < -0.3 is 15.5 Å². The van der Waals surface area contributed by atoms with E-state index in [2.05, 4.69) is 12.1 Å². The van der Waals surface area contributed by atoms with Crippen molar-refractivity contribution in [1.82, 2.24) is 9.80 Å². The molecule has 0 radical (unpaired) electrons. The molecule has 0 aromatic heterocycles. The Labute approximate surface area is 150 Å². The molecule has 1 aliphatic rings. The number of hydrogen-bond donors (Lipinski definition) is 1. The number of benzene rings is 1. The molecule has 0 bridgehead atoms. The SMILES string of the molecule is CN(C)C(=O)CCCC(=O)N1C[C@@H](CN)[C@H](c2ccccc2)C1.Cl. The Kier molecular flexibility index (Phi) is 8.22. The predicted octanol–water partition coefficient (Wildman–Crippen LogP) is 1.87. The lowest BCUT2D eigenvalue weighted by atomic mass is 9.89. The zero-order chi connectivity index (χ0) is 16.8. The number of nitrogens with zero attached hydrogens (tertiary/aromatic N) is 2. The highest BCUT2D eigenvalue weighted by molar-refractivity contribution is 5.85. The van der Waals surface area contributed by atoms with Crippen LogP contribution in [0.25, 0.3) is 0 Å². The molecule has 1 heterocycles. The van der Waals surface area contributed by atoms with E-state index in [0.29, 0.717) is 37.6 Å². The second kappa shape index (κ2) is 9.64. The number of halogens is 1. The molecular weight excluding hydrogens is 326 g/mol. The minimum Gasteiger partial charge on any atom is -0.349 e. The molecule has 0 spiro atoms. The van der Waals surface area contributed by atoms with E-state index in [9.17, 15) is 9.59 Å². The van der Waals surface area contributed by atoms with Gasteiger partial charge in [0.05, 0.1) is 0 Å². The number of carbonyl (C=O) groups is 2. The molecule has 0 unspecified atom stereocenters. The minimum absolute atomic E-state index is 0. The quantitative estimate of drug-likeness (QED) is 0.849. The molecule has 2 rings (SSSR count). The third kappa shape index (κ3) is 5.21. The predicted molar refractivity (Wildman–Crippen MR) is 98.1 cm³/mol. The summed E-state index contributed by atoms with van der Waals surface area (Å²) in [4.78, 5) is 27.4. The first-order chi connectivity index (χ1) is 11.0. The topological polar surface area (TPSA) is 66.6 Å². The highest BCUT2D eigenvalue weighted by Crippen LogP contribution is 2.32. The highest BCUT2D eigenvalue weighted by Gasteiger charge is 2.34. The summed E-state index contributed by atoms with van der Waals surface area (Å²) < 4.78 is 0. The van der Waals surface area contributed by atoms with Gasteiger partial charge in [0.15, 0.2) is 0 Å². The van der Waals surface area contributed by atoms with Gasteiger partial charge in [-0.3, -0.25) is 9.59 Å². The number of hydrogen-bond acceptors (Lipinski definition) is 3. The summed E-state index contributed by atoms with van der Waals surface area (Å²) in [5.41, 5.74) is 7.16. The standard InChI is InChI=1S/C18H27N3O2.ClH/c1-20(2)17(22)9-6-10-18(23)21-12-15(11-19)16(13-21)14-7-4-3-5-8-14;/h3-5,7-8,15-16H,6,9-13,19H2,1-2H3;1H/t15-,16+;/m1./s1. The number of nitrogens with two attached hydrogens (primary N) is 1. The van der Waals surface area contributed by atoms with Crippen molar-refractivity contribution in [3.05, 3.63) is 35.9 Å². The maximum absolute atomic E-state index is 12.4. The second-order valence-electron chi connectivity index (χ2n) is 6.45. The largest absolute Gasteiger partial charge is 0.349 e. The summed E-state index contributed by atoms with van der Waals surface area (Å²) in [6.45, 7) is 2.03. The third-order valence-corrected chi connectivity index (χ3v) is 4.60. The van der Waals surface area contributed by atoms with Crippen LogP contribution in [0.1, 0.15) is 30.7 Å². The molecule has 1 fully saturated rings. The minimum atomic E-state index is 0. The van der Waals surface area contributed by atoms with Crippen molar-refractivity contribution in [2.24, 2.45) is 11.7 Å². The molecule has 24 heavy (non-hydrogen) atoms. The van der Waals surface area contributed by atoms with E-state index in [1.54, 1.807) is 19.0 Å². The van der Waals surface area contributed by atoms with Gasteiger partial charge >= 0.3 is 0 Å². The molecule has 0 aliphatic carbocycles. The molecule has 1 aromatic carbocycles. The van der Waals surface area contributed by atoms with E-state index in [4.69, 9.17) is 5.73 Å². The lowest BCUT2D eigenvalue weighted by molar-refractivity contribution is -0.131. The molecule has 2 N–H and O–H groups in total. The summed E-state index contributed by atoms with van der Waals surface area (Å²) in [6.07, 6.45) is 1.46. The van der Waals surface area contributed by atoms with Gasteiger partial charge in [-0.2, -0.15) is 0 Å². The van der Waals surface area contributed by atoms with E-state index < -0.39 is 0 Å². The molecular formula is C18H28ClN3O2. The summed E-state index contributed by atoms with van der Waals surface area (Å²) >= 11 is 0. The van der Waals surface area contributed by atoms with Crippen LogP contribution in [-0.2, 0) is 9.59 Å². The van der Waals surface area contributed by atoms with Crippen LogP contribution in [0, 0.1) is 5.92 Å². The monoisotopic (exact) mass is 353 g/mol. The average molecular weight is 354 g/mol. The molecule has 1 saturated heterocycles. The van der Waals surface area contributed by atoms with E-state index in [1.807, 2.05) is 23.1 Å². The Morgan fingerprint density at radius 2 is 1.83 bits per heavy atom. The van der Waals surface area contributed by atoms with Gasteiger partial charge in [-0.1, -0.05) is 30.3 Å². The van der Waals surface area contributed by atoms with Crippen molar-refractivity contribution in [3.8, 4) is 0 Å². The van der Waals surface area contributed by atoms with E-state index in [0.717, 1.165) is 13.1 Å². The van der Waals surface area contributed by atoms with Gasteiger partial charge in [0.1, 0.15) is 0 Å². The van der Waals surface area contributed by atoms with Crippen LogP contribution in [0.15, 0.2) is 30.3 Å². The first-order valence-corrected chi connectivity index (χ1v) is 8.26. The fourth-order valence-electron chi connectivity index (χ4n) is 3.16. The summed E-state index contributed by atoms with van der Waals surface area (Å²) in [7, 11) is 3.47. The Bertz CT molecular complexity index is 536. The number of carbonyl (C=O) groups excluding carboxylic acids is 2. The summed E-state index contributed by atoms with van der Waals surface area (Å²) in [5, 5.41) is 0. The van der Waals surface area contributed by atoms with Crippen LogP contribution < -0.4 is 5.73 Å². The van der Waals surface area contributed by atoms with E-state index >= 15 is 0 Å². The van der Waals surface area contributed by atoms with E-state index in [1.165, 1.54) is 5.56 Å². The molecule has 2 atom stereocenters. The maximum Gasteiger partial charge on any atom is 0.222 e. The molecule has 5 nitrogen and oxygen atoms in total. The Balaban J connectivity index is 0.00000288. The average Bonchev–Trinajstić information content (AvgIpc) is 2.99. The molecule has 0 saturated carbocycles. The highest BCUT2D eigenvalue weighted by atomic mass is 35.5. The Morgan fingerprint density at radius 1 is 1.17 bits per heavy atom. The lowest BCUT2D eigenvalue weighted by Gasteiger charge is -2.17. The van der Waals surface area contributed by atoms with Gasteiger partial charge in [-0.25, -0.2) is 0 Å². The Hall–Kier alpha value is -1.59. The molecule has 1 aliphatic heterocycles. The van der Waals surface area contributed by atoms with Crippen molar-refractivity contribution >= 4 is 24.2 Å². The molecule has 2 amide bonds. The summed E-state index contributed by atoms with van der Waals surface area (Å²) in [5.74, 6) is 0.827. The summed E-state index contributed by atoms with van der Waals surface area (Å²) in [6, 6.07) is 10.3. The zero-order valence-corrected chi connectivity index (χ0v) is 15.3. The Morgan fingerprint density at radius 3 is 2.42 bits per heavy atom. The fraction of sp³-hybridized carbons (Fsp3) is 0.556. The number of rotatable bonds is 6. The van der Waals surface area contributed by atoms with Crippen LogP contribution >= 0.6 is 12.4 Å². The van der Waals surface area contributed by atoms with Crippen molar-refractivity contribution < 1.29 is 9.59 Å². The van der Waals surface area contributed by atoms with Crippen LogP contribution in [0.4, 0.5) is 0 Å². The number of amides is 2. The third-order valence-electron chi connectivity index (χ3n) is 4.60. The molecule has 6 heteroatoms. The van der Waals surface area contributed by atoms with Gasteiger partial charge in [-0.15, -0.1) is 12.4 Å². The van der Waals surface area contributed by atoms with Gasteiger partial charge in [-0.05, 0) is 24.4 Å². The van der Waals surface area contributed by atoms with Crippen molar-refractivity contribution in [1.29, 1.82) is 0 Å². The first-order valence-electron chi connectivity index (χ1n) is 8.26. The van der Waals surface area contributed by atoms with E-state index in [-0.39, 0.29) is 24.2 Å². The van der Waals surface area contributed by atoms with Gasteiger partial charge in [0.2, 0.25) is 11.8 Å². The van der Waals surface area contributed by atoms with Gasteiger partial charge in [0.25, 0.3) is 0 Å². The van der Waals surface area contributed by atoms with Crippen molar-refractivity contribution in [2.75, 3.05) is 33.7 Å². The lowest BCUT2D eigenvalue weighted by Crippen LogP contribution is -2.30.